The van der Waals surface area contributed by atoms with E-state index < -0.39 is 11.4 Å². The Balaban J connectivity index is 2.16. The van der Waals surface area contributed by atoms with E-state index in [-0.39, 0.29) is 0 Å². The molecule has 6 heteroatoms. The molecule has 0 aromatic carbocycles. The van der Waals surface area contributed by atoms with E-state index in [1.54, 1.807) is 18.5 Å². The van der Waals surface area contributed by atoms with Gasteiger partial charge in [-0.2, -0.15) is 0 Å². The number of hydrogen-bond donors (Lipinski definition) is 1. The van der Waals surface area contributed by atoms with Gasteiger partial charge in [-0.05, 0) is 36.6 Å². The molecule has 1 aliphatic carbocycles. The molecule has 1 aromatic heterocycles. The Morgan fingerprint density at radius 3 is 2.75 bits per heavy atom. The Kier molecular flexibility index (Phi) is 2.44. The first-order valence-corrected chi connectivity index (χ1v) is 5.41. The zero-order valence-corrected chi connectivity index (χ0v) is 9.71. The number of carbonyl (C=O) groups is 1. The van der Waals surface area contributed by atoms with E-state index in [4.69, 9.17) is 5.11 Å². The number of nitrogens with zero attached hydrogens (tertiary/aromatic N) is 4. The number of aliphatic carboxylic acids is 1. The predicted molar refractivity (Wildman–Crippen MR) is 55.8 cm³/mol. The molecule has 1 aromatic rings. The van der Waals surface area contributed by atoms with Crippen molar-refractivity contribution in [3.8, 4) is 0 Å². The lowest BCUT2D eigenvalue weighted by Crippen LogP contribution is -2.30. The second-order valence-electron chi connectivity index (χ2n) is 5.20. The molecule has 2 unspecified atom stereocenters. The molecule has 0 spiro atoms. The van der Waals surface area contributed by atoms with Crippen molar-refractivity contribution in [2.45, 2.75) is 39.7 Å². The molecule has 2 rings (SSSR count). The normalized spacial score (nSPS) is 24.4. The van der Waals surface area contributed by atoms with Gasteiger partial charge in [-0.1, -0.05) is 6.92 Å². The number of rotatable bonds is 4. The van der Waals surface area contributed by atoms with E-state index in [0.717, 1.165) is 12.2 Å². The standard InChI is InChI=1S/C10H16N4O2/c1-6-4-7(6)8-11-12-13-14(8)5-10(2,3)9(15)16/h6-7H,4-5H2,1-3H3,(H,15,16). The van der Waals surface area contributed by atoms with E-state index in [1.165, 1.54) is 0 Å². The highest BCUT2D eigenvalue weighted by molar-refractivity contribution is 5.73. The monoisotopic (exact) mass is 224 g/mol. The highest BCUT2D eigenvalue weighted by Crippen LogP contribution is 2.45. The van der Waals surface area contributed by atoms with Crippen LogP contribution in [0, 0.1) is 11.3 Å². The molecule has 0 bridgehead atoms. The summed E-state index contributed by atoms with van der Waals surface area (Å²) in [6.45, 7) is 5.81. The average molecular weight is 224 g/mol. The van der Waals surface area contributed by atoms with Crippen LogP contribution in [0.1, 0.15) is 38.9 Å². The molecule has 0 amide bonds. The number of hydrogen-bond acceptors (Lipinski definition) is 4. The number of carboxylic acids is 1. The molecular formula is C10H16N4O2. The number of carboxylic acid groups (broad SMARTS) is 1. The van der Waals surface area contributed by atoms with Crippen molar-refractivity contribution in [2.75, 3.05) is 0 Å². The summed E-state index contributed by atoms with van der Waals surface area (Å²) in [6.07, 6.45) is 1.09. The number of tetrazole rings is 1. The van der Waals surface area contributed by atoms with Gasteiger partial charge < -0.3 is 5.11 Å². The summed E-state index contributed by atoms with van der Waals surface area (Å²) in [4.78, 5) is 11.0. The maximum absolute atomic E-state index is 11.0. The summed E-state index contributed by atoms with van der Waals surface area (Å²) in [7, 11) is 0. The second-order valence-corrected chi connectivity index (χ2v) is 5.20. The molecule has 2 atom stereocenters. The van der Waals surface area contributed by atoms with Gasteiger partial charge in [-0.3, -0.25) is 4.79 Å². The van der Waals surface area contributed by atoms with E-state index in [9.17, 15) is 4.79 Å². The SMILES string of the molecule is CC1CC1c1nnnn1CC(C)(C)C(=O)O. The van der Waals surface area contributed by atoms with Gasteiger partial charge in [-0.25, -0.2) is 4.68 Å². The van der Waals surface area contributed by atoms with Crippen molar-refractivity contribution in [3.05, 3.63) is 5.82 Å². The molecule has 1 N–H and O–H groups in total. The Labute approximate surface area is 93.6 Å². The summed E-state index contributed by atoms with van der Waals surface area (Å²) in [5, 5.41) is 20.5. The fourth-order valence-electron chi connectivity index (χ4n) is 1.71. The molecule has 6 nitrogen and oxygen atoms in total. The summed E-state index contributed by atoms with van der Waals surface area (Å²) in [6, 6.07) is 0. The van der Waals surface area contributed by atoms with Gasteiger partial charge in [0.1, 0.15) is 0 Å². The maximum atomic E-state index is 11.0. The highest BCUT2D eigenvalue weighted by Gasteiger charge is 2.40. The van der Waals surface area contributed by atoms with Crippen LogP contribution in [-0.4, -0.2) is 31.3 Å². The average Bonchev–Trinajstić information content (AvgIpc) is 2.73. The zero-order valence-electron chi connectivity index (χ0n) is 9.71. The molecule has 1 aliphatic rings. The van der Waals surface area contributed by atoms with Crippen molar-refractivity contribution in [2.24, 2.45) is 11.3 Å². The molecule has 0 saturated heterocycles. The smallest absolute Gasteiger partial charge is 0.310 e. The second kappa shape index (κ2) is 3.54. The van der Waals surface area contributed by atoms with Crippen LogP contribution in [0.4, 0.5) is 0 Å². The Hall–Kier alpha value is -1.46. The third kappa shape index (κ3) is 1.91. The van der Waals surface area contributed by atoms with Gasteiger partial charge in [0.2, 0.25) is 0 Å². The van der Waals surface area contributed by atoms with Gasteiger partial charge in [-0.15, -0.1) is 5.10 Å². The molecule has 0 radical (unpaired) electrons. The third-order valence-corrected chi connectivity index (χ3v) is 3.12. The molecule has 1 saturated carbocycles. The van der Waals surface area contributed by atoms with Crippen molar-refractivity contribution < 1.29 is 9.90 Å². The minimum Gasteiger partial charge on any atom is -0.481 e. The lowest BCUT2D eigenvalue weighted by Gasteiger charge is -2.19. The van der Waals surface area contributed by atoms with Gasteiger partial charge in [0, 0.05) is 5.92 Å². The molecule has 16 heavy (non-hydrogen) atoms. The lowest BCUT2D eigenvalue weighted by atomic mass is 9.94. The van der Waals surface area contributed by atoms with Gasteiger partial charge in [0.25, 0.3) is 0 Å². The van der Waals surface area contributed by atoms with E-state index in [2.05, 4.69) is 22.4 Å². The van der Waals surface area contributed by atoms with Crippen LogP contribution in [-0.2, 0) is 11.3 Å². The molecule has 1 fully saturated rings. The summed E-state index contributed by atoms with van der Waals surface area (Å²) < 4.78 is 1.63. The lowest BCUT2D eigenvalue weighted by molar-refractivity contribution is -0.147. The molecular weight excluding hydrogens is 208 g/mol. The molecule has 88 valence electrons. The fourth-order valence-corrected chi connectivity index (χ4v) is 1.71. The van der Waals surface area contributed by atoms with Crippen LogP contribution in [0.3, 0.4) is 0 Å². The minimum atomic E-state index is -0.845. The van der Waals surface area contributed by atoms with Crippen molar-refractivity contribution in [3.63, 3.8) is 0 Å². The van der Waals surface area contributed by atoms with Crippen LogP contribution in [0.25, 0.3) is 0 Å². The van der Waals surface area contributed by atoms with Gasteiger partial charge in [0.15, 0.2) is 5.82 Å². The van der Waals surface area contributed by atoms with E-state index in [1.807, 2.05) is 0 Å². The van der Waals surface area contributed by atoms with Crippen molar-refractivity contribution in [1.82, 2.24) is 20.2 Å². The van der Waals surface area contributed by atoms with Crippen LogP contribution < -0.4 is 0 Å². The Morgan fingerprint density at radius 1 is 1.62 bits per heavy atom. The predicted octanol–water partition coefficient (Wildman–Crippen LogP) is 0.907. The van der Waals surface area contributed by atoms with Crippen LogP contribution >= 0.6 is 0 Å². The van der Waals surface area contributed by atoms with Crippen LogP contribution in [0.5, 0.6) is 0 Å². The van der Waals surface area contributed by atoms with E-state index in [0.29, 0.717) is 18.4 Å². The quantitative estimate of drug-likeness (QED) is 0.822. The first-order chi connectivity index (χ1) is 7.42. The van der Waals surface area contributed by atoms with E-state index >= 15 is 0 Å². The van der Waals surface area contributed by atoms with Crippen molar-refractivity contribution in [1.29, 1.82) is 0 Å². The van der Waals surface area contributed by atoms with Gasteiger partial charge in [0.05, 0.1) is 12.0 Å². The first kappa shape index (κ1) is 11.0. The largest absolute Gasteiger partial charge is 0.481 e. The molecule has 0 aliphatic heterocycles. The topological polar surface area (TPSA) is 80.9 Å². The Morgan fingerprint density at radius 2 is 2.25 bits per heavy atom. The zero-order chi connectivity index (χ0) is 11.9. The summed E-state index contributed by atoms with van der Waals surface area (Å²) in [5.74, 6) is 0.997. The molecule has 1 heterocycles. The fraction of sp³-hybridized carbons (Fsp3) is 0.800. The van der Waals surface area contributed by atoms with Crippen LogP contribution in [0.2, 0.25) is 0 Å². The number of aromatic nitrogens is 4. The first-order valence-electron chi connectivity index (χ1n) is 5.41. The van der Waals surface area contributed by atoms with Crippen LogP contribution in [0.15, 0.2) is 0 Å². The Bertz CT molecular complexity index is 413. The van der Waals surface area contributed by atoms with Gasteiger partial charge >= 0.3 is 5.97 Å². The maximum Gasteiger partial charge on any atom is 0.310 e. The minimum absolute atomic E-state index is 0.313. The summed E-state index contributed by atoms with van der Waals surface area (Å²) in [5.41, 5.74) is -0.845. The van der Waals surface area contributed by atoms with Crippen molar-refractivity contribution >= 4 is 5.97 Å². The summed E-state index contributed by atoms with van der Waals surface area (Å²) >= 11 is 0. The highest BCUT2D eigenvalue weighted by atomic mass is 16.4. The third-order valence-electron chi connectivity index (χ3n) is 3.12.